The van der Waals surface area contributed by atoms with Crippen molar-refractivity contribution in [2.24, 2.45) is 5.92 Å². The second-order valence-corrected chi connectivity index (χ2v) is 3.73. The van der Waals surface area contributed by atoms with Crippen LogP contribution in [-0.4, -0.2) is 17.6 Å². The van der Waals surface area contributed by atoms with Crippen molar-refractivity contribution in [2.75, 3.05) is 6.61 Å². The monoisotopic (exact) mass is 207 g/mol. The Labute approximate surface area is 90.5 Å². The normalized spacial score (nSPS) is 12.1. The van der Waals surface area contributed by atoms with Crippen LogP contribution in [0.5, 0.6) is 0 Å². The molecule has 0 radical (unpaired) electrons. The molecule has 1 atom stereocenters. The van der Waals surface area contributed by atoms with Gasteiger partial charge >= 0.3 is 5.97 Å². The Hall–Kier alpha value is -1.38. The van der Waals surface area contributed by atoms with Gasteiger partial charge in [-0.05, 0) is 24.5 Å². The minimum atomic E-state index is -0.286. The lowest BCUT2D eigenvalue weighted by Crippen LogP contribution is -2.12. The lowest BCUT2D eigenvalue weighted by Gasteiger charge is -2.10. The molecule has 1 heterocycles. The molecular formula is C12H17NO2. The first-order chi connectivity index (χ1) is 7.24. The van der Waals surface area contributed by atoms with Crippen LogP contribution < -0.4 is 0 Å². The minimum Gasteiger partial charge on any atom is -0.462 e. The van der Waals surface area contributed by atoms with Crippen LogP contribution >= 0.6 is 0 Å². The minimum absolute atomic E-state index is 0.286. The van der Waals surface area contributed by atoms with Crippen molar-refractivity contribution in [3.63, 3.8) is 0 Å². The molecule has 0 bridgehead atoms. The third-order valence-corrected chi connectivity index (χ3v) is 2.18. The molecule has 82 valence electrons. The average molecular weight is 207 g/mol. The number of hydrogen-bond acceptors (Lipinski definition) is 3. The van der Waals surface area contributed by atoms with Gasteiger partial charge in [0, 0.05) is 12.4 Å². The molecule has 0 saturated heterocycles. The molecule has 1 rings (SSSR count). The number of nitrogens with zero attached hydrogens (tertiary/aromatic N) is 1. The fraction of sp³-hybridized carbons (Fsp3) is 0.500. The van der Waals surface area contributed by atoms with Crippen LogP contribution in [0, 0.1) is 5.92 Å². The number of esters is 1. The number of rotatable bonds is 5. The highest BCUT2D eigenvalue weighted by atomic mass is 16.5. The number of hydrogen-bond donors (Lipinski definition) is 0. The van der Waals surface area contributed by atoms with Gasteiger partial charge in [0.1, 0.15) is 0 Å². The van der Waals surface area contributed by atoms with Crippen molar-refractivity contribution >= 4 is 5.97 Å². The Morgan fingerprint density at radius 1 is 1.60 bits per heavy atom. The number of pyridine rings is 1. The van der Waals surface area contributed by atoms with Crippen molar-refractivity contribution in [3.05, 3.63) is 30.1 Å². The Balaban J connectivity index is 2.37. The van der Waals surface area contributed by atoms with Gasteiger partial charge in [0.15, 0.2) is 0 Å². The van der Waals surface area contributed by atoms with Gasteiger partial charge in [-0.25, -0.2) is 4.79 Å². The van der Waals surface area contributed by atoms with Gasteiger partial charge in [-0.1, -0.05) is 20.3 Å². The molecule has 3 nitrogen and oxygen atoms in total. The third-order valence-electron chi connectivity index (χ3n) is 2.18. The fourth-order valence-electron chi connectivity index (χ4n) is 1.36. The van der Waals surface area contributed by atoms with Gasteiger partial charge in [-0.3, -0.25) is 4.98 Å². The Bertz CT molecular complexity index is 298. The Morgan fingerprint density at radius 2 is 2.40 bits per heavy atom. The molecule has 0 spiro atoms. The first-order valence-corrected chi connectivity index (χ1v) is 5.31. The molecule has 0 aliphatic rings. The molecule has 1 unspecified atom stereocenters. The molecule has 0 aromatic carbocycles. The molecule has 1 aromatic heterocycles. The van der Waals surface area contributed by atoms with E-state index in [-0.39, 0.29) is 5.97 Å². The maximum absolute atomic E-state index is 11.5. The van der Waals surface area contributed by atoms with Crippen molar-refractivity contribution < 1.29 is 9.53 Å². The van der Waals surface area contributed by atoms with Gasteiger partial charge in [0.2, 0.25) is 0 Å². The standard InChI is InChI=1S/C12H17NO2/c1-3-5-10(2)9-15-12(14)11-6-4-7-13-8-11/h4,6-8,10H,3,5,9H2,1-2H3. The van der Waals surface area contributed by atoms with E-state index in [9.17, 15) is 4.79 Å². The molecular weight excluding hydrogens is 190 g/mol. The molecule has 0 aliphatic heterocycles. The summed E-state index contributed by atoms with van der Waals surface area (Å²) in [5.74, 6) is 0.140. The summed E-state index contributed by atoms with van der Waals surface area (Å²) in [5.41, 5.74) is 0.515. The Morgan fingerprint density at radius 3 is 3.00 bits per heavy atom. The lowest BCUT2D eigenvalue weighted by atomic mass is 10.1. The smallest absolute Gasteiger partial charge is 0.339 e. The lowest BCUT2D eigenvalue weighted by molar-refractivity contribution is 0.0443. The fourth-order valence-corrected chi connectivity index (χ4v) is 1.36. The number of ether oxygens (including phenoxy) is 1. The van der Waals surface area contributed by atoms with Crippen molar-refractivity contribution in [1.82, 2.24) is 4.98 Å². The van der Waals surface area contributed by atoms with E-state index in [1.165, 1.54) is 6.20 Å². The summed E-state index contributed by atoms with van der Waals surface area (Å²) in [5, 5.41) is 0. The van der Waals surface area contributed by atoms with Crippen LogP contribution in [0.1, 0.15) is 37.0 Å². The molecule has 0 aliphatic carbocycles. The number of aromatic nitrogens is 1. The van der Waals surface area contributed by atoms with E-state index in [2.05, 4.69) is 18.8 Å². The summed E-state index contributed by atoms with van der Waals surface area (Å²) in [6.07, 6.45) is 5.36. The molecule has 0 saturated carbocycles. The Kier molecular flexibility index (Phi) is 4.81. The molecule has 1 aromatic rings. The van der Waals surface area contributed by atoms with Crippen LogP contribution in [0.15, 0.2) is 24.5 Å². The summed E-state index contributed by atoms with van der Waals surface area (Å²) in [6, 6.07) is 3.44. The molecule has 0 N–H and O–H groups in total. The van der Waals surface area contributed by atoms with Gasteiger partial charge in [0.05, 0.1) is 12.2 Å². The van der Waals surface area contributed by atoms with Crippen molar-refractivity contribution in [3.8, 4) is 0 Å². The summed E-state index contributed by atoms with van der Waals surface area (Å²) < 4.78 is 5.16. The first kappa shape index (κ1) is 11.7. The second-order valence-electron chi connectivity index (χ2n) is 3.73. The van der Waals surface area contributed by atoms with E-state index in [0.29, 0.717) is 18.1 Å². The first-order valence-electron chi connectivity index (χ1n) is 5.31. The molecule has 0 amide bonds. The average Bonchev–Trinajstić information content (AvgIpc) is 2.27. The molecule has 3 heteroatoms. The summed E-state index contributed by atoms with van der Waals surface area (Å²) in [4.78, 5) is 15.4. The number of carbonyl (C=O) groups is 1. The highest BCUT2D eigenvalue weighted by Crippen LogP contribution is 2.07. The topological polar surface area (TPSA) is 39.2 Å². The van der Waals surface area contributed by atoms with Crippen LogP contribution in [0.2, 0.25) is 0 Å². The summed E-state index contributed by atoms with van der Waals surface area (Å²) in [7, 11) is 0. The zero-order valence-corrected chi connectivity index (χ0v) is 9.27. The van der Waals surface area contributed by atoms with Gasteiger partial charge in [-0.15, -0.1) is 0 Å². The predicted molar refractivity (Wildman–Crippen MR) is 58.6 cm³/mol. The van der Waals surface area contributed by atoms with Crippen molar-refractivity contribution in [1.29, 1.82) is 0 Å². The zero-order chi connectivity index (χ0) is 11.1. The van der Waals surface area contributed by atoms with Gasteiger partial charge < -0.3 is 4.74 Å². The zero-order valence-electron chi connectivity index (χ0n) is 9.27. The molecule has 15 heavy (non-hydrogen) atoms. The van der Waals surface area contributed by atoms with Crippen LogP contribution in [0.3, 0.4) is 0 Å². The number of carbonyl (C=O) groups excluding carboxylic acids is 1. The van der Waals surface area contributed by atoms with Gasteiger partial charge in [0.25, 0.3) is 0 Å². The largest absolute Gasteiger partial charge is 0.462 e. The van der Waals surface area contributed by atoms with E-state index in [4.69, 9.17) is 4.74 Å². The van der Waals surface area contributed by atoms with Crippen LogP contribution in [0.25, 0.3) is 0 Å². The highest BCUT2D eigenvalue weighted by molar-refractivity contribution is 5.88. The predicted octanol–water partition coefficient (Wildman–Crippen LogP) is 2.67. The summed E-state index contributed by atoms with van der Waals surface area (Å²) >= 11 is 0. The van der Waals surface area contributed by atoms with E-state index >= 15 is 0 Å². The van der Waals surface area contributed by atoms with E-state index < -0.39 is 0 Å². The quantitative estimate of drug-likeness (QED) is 0.697. The van der Waals surface area contributed by atoms with Gasteiger partial charge in [-0.2, -0.15) is 0 Å². The summed E-state index contributed by atoms with van der Waals surface area (Å²) in [6.45, 7) is 4.70. The van der Waals surface area contributed by atoms with Crippen molar-refractivity contribution in [2.45, 2.75) is 26.7 Å². The van der Waals surface area contributed by atoms with E-state index in [0.717, 1.165) is 12.8 Å². The maximum atomic E-state index is 11.5. The van der Waals surface area contributed by atoms with E-state index in [1.807, 2.05) is 0 Å². The van der Waals surface area contributed by atoms with Crippen LogP contribution in [-0.2, 0) is 4.74 Å². The van der Waals surface area contributed by atoms with Crippen LogP contribution in [0.4, 0.5) is 0 Å². The molecule has 0 fully saturated rings. The SMILES string of the molecule is CCCC(C)COC(=O)c1cccnc1. The second kappa shape index (κ2) is 6.17. The highest BCUT2D eigenvalue weighted by Gasteiger charge is 2.08. The van der Waals surface area contributed by atoms with E-state index in [1.54, 1.807) is 18.3 Å². The maximum Gasteiger partial charge on any atom is 0.339 e. The third kappa shape index (κ3) is 4.11.